The van der Waals surface area contributed by atoms with E-state index in [0.29, 0.717) is 17.1 Å². The van der Waals surface area contributed by atoms with Gasteiger partial charge in [-0.3, -0.25) is 13.9 Å². The van der Waals surface area contributed by atoms with Crippen LogP contribution in [0, 0.1) is 13.8 Å². The zero-order valence-corrected chi connectivity index (χ0v) is 26.1. The first-order valence-corrected chi connectivity index (χ1v) is 15.9. The molecule has 9 heteroatoms. The Morgan fingerprint density at radius 3 is 2.09 bits per heavy atom. The van der Waals surface area contributed by atoms with E-state index in [4.69, 9.17) is 11.6 Å². The van der Waals surface area contributed by atoms with Crippen molar-refractivity contribution < 1.29 is 18.0 Å². The van der Waals surface area contributed by atoms with Gasteiger partial charge in [0.15, 0.2) is 0 Å². The molecule has 1 unspecified atom stereocenters. The number of hydrogen-bond donors (Lipinski definition) is 1. The van der Waals surface area contributed by atoms with E-state index in [-0.39, 0.29) is 29.5 Å². The number of anilines is 1. The van der Waals surface area contributed by atoms with Crippen molar-refractivity contribution in [1.29, 1.82) is 0 Å². The lowest BCUT2D eigenvalue weighted by atomic mass is 10.0. The highest BCUT2D eigenvalue weighted by atomic mass is 35.5. The molecule has 224 valence electrons. The summed E-state index contributed by atoms with van der Waals surface area (Å²) in [6.45, 7) is 5.52. The Morgan fingerprint density at radius 1 is 0.837 bits per heavy atom. The maximum Gasteiger partial charge on any atom is 0.264 e. The van der Waals surface area contributed by atoms with Crippen LogP contribution < -0.4 is 9.62 Å². The lowest BCUT2D eigenvalue weighted by Crippen LogP contribution is -2.53. The van der Waals surface area contributed by atoms with Crippen molar-refractivity contribution in [2.75, 3.05) is 17.4 Å². The van der Waals surface area contributed by atoms with Gasteiger partial charge in [0.2, 0.25) is 11.8 Å². The average molecular weight is 618 g/mol. The molecule has 43 heavy (non-hydrogen) atoms. The molecule has 4 aromatic carbocycles. The van der Waals surface area contributed by atoms with Crippen molar-refractivity contribution in [1.82, 2.24) is 10.2 Å². The summed E-state index contributed by atoms with van der Waals surface area (Å²) in [5.74, 6) is -0.838. The van der Waals surface area contributed by atoms with Crippen LogP contribution in [0.3, 0.4) is 0 Å². The standard InChI is InChI=1S/C34H36ClN3O4S/c1-4-36-34(40)32(21-27-11-7-5-8-12-27)37(23-28-18-15-25(2)16-19-28)33(39)24-38(31-22-29(35)20-17-26(31)3)43(41,42)30-13-9-6-10-14-30/h5-20,22,32H,4,21,23-24H2,1-3H3,(H,36,40). The maximum atomic E-state index is 14.4. The van der Waals surface area contributed by atoms with Gasteiger partial charge in [0.05, 0.1) is 10.6 Å². The molecule has 0 spiro atoms. The van der Waals surface area contributed by atoms with Gasteiger partial charge >= 0.3 is 0 Å². The first kappa shape index (κ1) is 31.8. The number of nitrogens with zero attached hydrogens (tertiary/aromatic N) is 2. The second kappa shape index (κ2) is 14.4. The number of carbonyl (C=O) groups is 2. The smallest absolute Gasteiger partial charge is 0.264 e. The summed E-state index contributed by atoms with van der Waals surface area (Å²) >= 11 is 6.32. The zero-order chi connectivity index (χ0) is 31.0. The Bertz CT molecular complexity index is 1650. The third kappa shape index (κ3) is 8.03. The normalized spacial score (nSPS) is 11.9. The van der Waals surface area contributed by atoms with Gasteiger partial charge in [-0.15, -0.1) is 0 Å². The highest BCUT2D eigenvalue weighted by Crippen LogP contribution is 2.30. The number of sulfonamides is 1. The first-order chi connectivity index (χ1) is 20.6. The highest BCUT2D eigenvalue weighted by Gasteiger charge is 2.35. The Hall–Kier alpha value is -4.14. The van der Waals surface area contributed by atoms with Crippen molar-refractivity contribution >= 4 is 39.1 Å². The van der Waals surface area contributed by atoms with Gasteiger partial charge in [-0.1, -0.05) is 96.0 Å². The number of aryl methyl sites for hydroxylation is 2. The summed E-state index contributed by atoms with van der Waals surface area (Å²) in [6.07, 6.45) is 0.256. The van der Waals surface area contributed by atoms with Crippen molar-refractivity contribution in [3.8, 4) is 0 Å². The number of benzene rings is 4. The lowest BCUT2D eigenvalue weighted by molar-refractivity contribution is -0.140. The quantitative estimate of drug-likeness (QED) is 0.214. The summed E-state index contributed by atoms with van der Waals surface area (Å²) in [7, 11) is -4.19. The Kier molecular flexibility index (Phi) is 10.6. The molecule has 4 rings (SSSR count). The number of amides is 2. The summed E-state index contributed by atoms with van der Waals surface area (Å²) in [5.41, 5.74) is 3.67. The van der Waals surface area contributed by atoms with Gasteiger partial charge in [0, 0.05) is 24.5 Å². The molecular weight excluding hydrogens is 582 g/mol. The summed E-state index contributed by atoms with van der Waals surface area (Å²) in [4.78, 5) is 29.5. The van der Waals surface area contributed by atoms with E-state index in [2.05, 4.69) is 5.32 Å². The predicted molar refractivity (Wildman–Crippen MR) is 172 cm³/mol. The van der Waals surface area contributed by atoms with Crippen LogP contribution in [-0.4, -0.2) is 44.3 Å². The predicted octanol–water partition coefficient (Wildman–Crippen LogP) is 5.93. The molecule has 0 bridgehead atoms. The number of rotatable bonds is 12. The van der Waals surface area contributed by atoms with Crippen LogP contribution in [0.15, 0.2) is 108 Å². The number of nitrogens with one attached hydrogen (secondary N) is 1. The van der Waals surface area contributed by atoms with Gasteiger partial charge < -0.3 is 10.2 Å². The van der Waals surface area contributed by atoms with E-state index in [1.165, 1.54) is 17.0 Å². The molecule has 0 aliphatic carbocycles. The first-order valence-electron chi connectivity index (χ1n) is 14.1. The Balaban J connectivity index is 1.81. The van der Waals surface area contributed by atoms with Crippen LogP contribution >= 0.6 is 11.6 Å². The molecule has 0 aliphatic heterocycles. The second-order valence-corrected chi connectivity index (χ2v) is 12.7. The minimum absolute atomic E-state index is 0.0387. The van der Waals surface area contributed by atoms with Crippen LogP contribution in [0.25, 0.3) is 0 Å². The average Bonchev–Trinajstić information content (AvgIpc) is 3.01. The topological polar surface area (TPSA) is 86.8 Å². The largest absolute Gasteiger partial charge is 0.355 e. The molecular formula is C34H36ClN3O4S. The summed E-state index contributed by atoms with van der Waals surface area (Å²) in [5, 5.41) is 3.21. The van der Waals surface area contributed by atoms with Gasteiger partial charge in [0.25, 0.3) is 10.0 Å². The molecule has 0 aliphatic rings. The molecule has 0 saturated heterocycles. The van der Waals surface area contributed by atoms with Crippen LogP contribution in [0.2, 0.25) is 5.02 Å². The lowest BCUT2D eigenvalue weighted by Gasteiger charge is -2.34. The van der Waals surface area contributed by atoms with E-state index in [0.717, 1.165) is 21.0 Å². The fourth-order valence-electron chi connectivity index (χ4n) is 4.82. The molecule has 4 aromatic rings. The van der Waals surface area contributed by atoms with Crippen molar-refractivity contribution in [3.63, 3.8) is 0 Å². The van der Waals surface area contributed by atoms with Crippen molar-refractivity contribution in [3.05, 3.63) is 130 Å². The highest BCUT2D eigenvalue weighted by molar-refractivity contribution is 7.92. The molecule has 0 aromatic heterocycles. The molecule has 0 radical (unpaired) electrons. The maximum absolute atomic E-state index is 14.4. The molecule has 0 heterocycles. The van der Waals surface area contributed by atoms with Gasteiger partial charge in [-0.25, -0.2) is 8.42 Å². The van der Waals surface area contributed by atoms with E-state index < -0.39 is 28.5 Å². The fraction of sp³-hybridized carbons (Fsp3) is 0.235. The van der Waals surface area contributed by atoms with Crippen LogP contribution in [0.5, 0.6) is 0 Å². The van der Waals surface area contributed by atoms with E-state index in [1.54, 1.807) is 43.3 Å². The van der Waals surface area contributed by atoms with E-state index >= 15 is 0 Å². The number of halogens is 1. The fourth-order valence-corrected chi connectivity index (χ4v) is 6.48. The zero-order valence-electron chi connectivity index (χ0n) is 24.5. The second-order valence-electron chi connectivity index (χ2n) is 10.4. The third-order valence-corrected chi connectivity index (χ3v) is 9.15. The monoisotopic (exact) mass is 617 g/mol. The number of carbonyl (C=O) groups excluding carboxylic acids is 2. The Labute approximate surface area is 259 Å². The molecule has 2 amide bonds. The van der Waals surface area contributed by atoms with Crippen LogP contribution in [0.1, 0.15) is 29.2 Å². The summed E-state index contributed by atoms with van der Waals surface area (Å²) < 4.78 is 29.2. The van der Waals surface area contributed by atoms with E-state index in [9.17, 15) is 18.0 Å². The van der Waals surface area contributed by atoms with E-state index in [1.807, 2.05) is 68.4 Å². The minimum atomic E-state index is -4.19. The van der Waals surface area contributed by atoms with Crippen molar-refractivity contribution in [2.24, 2.45) is 0 Å². The number of likely N-dealkylation sites (N-methyl/N-ethyl adjacent to an activating group) is 1. The molecule has 1 N–H and O–H groups in total. The Morgan fingerprint density at radius 2 is 1.47 bits per heavy atom. The van der Waals surface area contributed by atoms with Gasteiger partial charge in [-0.05, 0) is 61.7 Å². The summed E-state index contributed by atoms with van der Waals surface area (Å²) in [6, 6.07) is 29.2. The SMILES string of the molecule is CCNC(=O)C(Cc1ccccc1)N(Cc1ccc(C)cc1)C(=O)CN(c1cc(Cl)ccc1C)S(=O)(=O)c1ccccc1. The molecule has 1 atom stereocenters. The van der Waals surface area contributed by atoms with Crippen LogP contribution in [-0.2, 0) is 32.6 Å². The minimum Gasteiger partial charge on any atom is -0.355 e. The molecule has 0 fully saturated rings. The number of hydrogen-bond acceptors (Lipinski definition) is 4. The molecule has 0 saturated carbocycles. The van der Waals surface area contributed by atoms with Gasteiger partial charge in [0.1, 0.15) is 12.6 Å². The third-order valence-electron chi connectivity index (χ3n) is 7.15. The van der Waals surface area contributed by atoms with Crippen molar-refractivity contribution in [2.45, 2.75) is 44.7 Å². The van der Waals surface area contributed by atoms with Gasteiger partial charge in [-0.2, -0.15) is 0 Å². The van der Waals surface area contributed by atoms with Crippen LogP contribution in [0.4, 0.5) is 5.69 Å². The molecule has 7 nitrogen and oxygen atoms in total.